The van der Waals surface area contributed by atoms with Crippen LogP contribution in [0.1, 0.15) is 18.6 Å². The summed E-state index contributed by atoms with van der Waals surface area (Å²) in [6.07, 6.45) is 0.717. The quantitative estimate of drug-likeness (QED) is 0.538. The summed E-state index contributed by atoms with van der Waals surface area (Å²) in [5, 5.41) is 15.3. The maximum absolute atomic E-state index is 11.2. The second kappa shape index (κ2) is 6.27. The number of methoxy groups -OCH3 is 1. The molecule has 2 aromatic heterocycles. The SMILES string of the molecule is CCc1noc(CSc2nnnn2CC(=O)OC)n1. The van der Waals surface area contributed by atoms with Gasteiger partial charge in [0.2, 0.25) is 11.0 Å². The van der Waals surface area contributed by atoms with Gasteiger partial charge < -0.3 is 9.26 Å². The van der Waals surface area contributed by atoms with Crippen molar-refractivity contribution in [3.05, 3.63) is 11.7 Å². The van der Waals surface area contributed by atoms with Crippen LogP contribution in [0, 0.1) is 0 Å². The van der Waals surface area contributed by atoms with Crippen LogP contribution in [-0.2, 0) is 28.2 Å². The van der Waals surface area contributed by atoms with E-state index in [4.69, 9.17) is 4.52 Å². The lowest BCUT2D eigenvalue weighted by atomic mass is 10.5. The van der Waals surface area contributed by atoms with Crippen molar-refractivity contribution >= 4 is 17.7 Å². The summed E-state index contributed by atoms with van der Waals surface area (Å²) in [7, 11) is 1.31. The number of nitrogens with zero attached hydrogens (tertiary/aromatic N) is 6. The minimum atomic E-state index is -0.416. The summed E-state index contributed by atoms with van der Waals surface area (Å²) in [4.78, 5) is 15.3. The Hall–Kier alpha value is -1.97. The first-order chi connectivity index (χ1) is 9.22. The molecule has 2 aromatic rings. The Morgan fingerprint density at radius 3 is 3.05 bits per heavy atom. The van der Waals surface area contributed by atoms with Gasteiger partial charge in [0.1, 0.15) is 6.54 Å². The number of hydrogen-bond acceptors (Lipinski definition) is 9. The van der Waals surface area contributed by atoms with Crippen LogP contribution in [0.3, 0.4) is 0 Å². The van der Waals surface area contributed by atoms with Gasteiger partial charge in [0.25, 0.3) is 0 Å². The summed E-state index contributed by atoms with van der Waals surface area (Å²) in [6, 6.07) is 0. The lowest BCUT2D eigenvalue weighted by Gasteiger charge is -2.01. The molecule has 2 heterocycles. The molecule has 0 spiro atoms. The van der Waals surface area contributed by atoms with E-state index in [-0.39, 0.29) is 6.54 Å². The normalized spacial score (nSPS) is 10.6. The van der Waals surface area contributed by atoms with Crippen molar-refractivity contribution in [1.82, 2.24) is 30.3 Å². The number of aromatic nitrogens is 6. The highest BCUT2D eigenvalue weighted by Gasteiger charge is 2.13. The molecule has 0 N–H and O–H groups in total. The summed E-state index contributed by atoms with van der Waals surface area (Å²) in [5.74, 6) is 1.17. The monoisotopic (exact) mass is 284 g/mol. The van der Waals surface area contributed by atoms with E-state index in [1.807, 2.05) is 6.92 Å². The van der Waals surface area contributed by atoms with Crippen molar-refractivity contribution in [2.45, 2.75) is 30.8 Å². The molecule has 0 atom stereocenters. The Kier molecular flexibility index (Phi) is 4.44. The molecule has 0 amide bonds. The summed E-state index contributed by atoms with van der Waals surface area (Å²) >= 11 is 1.31. The molecule has 0 saturated heterocycles. The van der Waals surface area contributed by atoms with Gasteiger partial charge in [-0.25, -0.2) is 4.68 Å². The highest BCUT2D eigenvalue weighted by Crippen LogP contribution is 2.18. The number of aryl methyl sites for hydroxylation is 1. The number of hydrogen-bond donors (Lipinski definition) is 0. The number of ether oxygens (including phenoxy) is 1. The minimum absolute atomic E-state index is 0.0319. The highest BCUT2D eigenvalue weighted by atomic mass is 32.2. The zero-order valence-corrected chi connectivity index (χ0v) is 11.3. The predicted molar refractivity (Wildman–Crippen MR) is 63.1 cm³/mol. The van der Waals surface area contributed by atoms with E-state index >= 15 is 0 Å². The first-order valence-electron chi connectivity index (χ1n) is 5.50. The van der Waals surface area contributed by atoms with E-state index in [9.17, 15) is 4.79 Å². The molecular formula is C9H12N6O3S. The zero-order valence-electron chi connectivity index (χ0n) is 10.4. The van der Waals surface area contributed by atoms with E-state index in [0.717, 1.165) is 0 Å². The molecule has 0 saturated carbocycles. The molecule has 2 rings (SSSR count). The van der Waals surface area contributed by atoms with E-state index < -0.39 is 5.97 Å². The van der Waals surface area contributed by atoms with Crippen LogP contribution in [-0.4, -0.2) is 43.4 Å². The molecular weight excluding hydrogens is 272 g/mol. The van der Waals surface area contributed by atoms with Crippen LogP contribution >= 0.6 is 11.8 Å². The van der Waals surface area contributed by atoms with Crippen LogP contribution in [0.25, 0.3) is 0 Å². The Balaban J connectivity index is 1.96. The van der Waals surface area contributed by atoms with E-state index in [1.165, 1.54) is 23.6 Å². The van der Waals surface area contributed by atoms with Crippen molar-refractivity contribution in [2.75, 3.05) is 7.11 Å². The second-order valence-corrected chi connectivity index (χ2v) is 4.38. The largest absolute Gasteiger partial charge is 0.468 e. The first-order valence-corrected chi connectivity index (χ1v) is 6.48. The number of rotatable bonds is 6. The molecule has 102 valence electrons. The number of carbonyl (C=O) groups is 1. The van der Waals surface area contributed by atoms with E-state index in [2.05, 4.69) is 30.4 Å². The molecule has 0 unspecified atom stereocenters. The fraction of sp³-hybridized carbons (Fsp3) is 0.556. The summed E-state index contributed by atoms with van der Waals surface area (Å²) in [6.45, 7) is 1.91. The molecule has 0 radical (unpaired) electrons. The first kappa shape index (κ1) is 13.5. The lowest BCUT2D eigenvalue weighted by Crippen LogP contribution is -2.13. The van der Waals surface area contributed by atoms with Gasteiger partial charge >= 0.3 is 5.97 Å². The number of carbonyl (C=O) groups excluding carboxylic acids is 1. The van der Waals surface area contributed by atoms with Crippen LogP contribution in [0.15, 0.2) is 9.68 Å². The molecule has 10 heteroatoms. The Morgan fingerprint density at radius 1 is 1.53 bits per heavy atom. The second-order valence-electron chi connectivity index (χ2n) is 3.44. The van der Waals surface area contributed by atoms with Crippen molar-refractivity contribution in [3.63, 3.8) is 0 Å². The van der Waals surface area contributed by atoms with Crippen LogP contribution < -0.4 is 0 Å². The average molecular weight is 284 g/mol. The molecule has 9 nitrogen and oxygen atoms in total. The van der Waals surface area contributed by atoms with Gasteiger partial charge in [-0.2, -0.15) is 4.98 Å². The molecule has 0 aliphatic heterocycles. The Morgan fingerprint density at radius 2 is 2.37 bits per heavy atom. The van der Waals surface area contributed by atoms with Gasteiger partial charge in [0.15, 0.2) is 5.82 Å². The third-order valence-corrected chi connectivity index (χ3v) is 3.10. The van der Waals surface area contributed by atoms with Crippen LogP contribution in [0.2, 0.25) is 0 Å². The average Bonchev–Trinajstić information content (AvgIpc) is 3.05. The predicted octanol–water partition coefficient (Wildman–Crippen LogP) is 0.0838. The van der Waals surface area contributed by atoms with Crippen molar-refractivity contribution in [1.29, 1.82) is 0 Å². The Bertz CT molecular complexity index is 554. The number of tetrazole rings is 1. The third-order valence-electron chi connectivity index (χ3n) is 2.16. The minimum Gasteiger partial charge on any atom is -0.468 e. The van der Waals surface area contributed by atoms with Gasteiger partial charge in [-0.1, -0.05) is 23.8 Å². The summed E-state index contributed by atoms with van der Waals surface area (Å²) < 4.78 is 11.0. The summed E-state index contributed by atoms with van der Waals surface area (Å²) in [5.41, 5.74) is 0. The van der Waals surface area contributed by atoms with Crippen LogP contribution in [0.5, 0.6) is 0 Å². The van der Waals surface area contributed by atoms with E-state index in [0.29, 0.717) is 29.0 Å². The molecule has 0 fully saturated rings. The zero-order chi connectivity index (χ0) is 13.7. The van der Waals surface area contributed by atoms with Gasteiger partial charge in [-0.3, -0.25) is 4.79 Å². The molecule has 0 bridgehead atoms. The third kappa shape index (κ3) is 3.50. The van der Waals surface area contributed by atoms with Crippen LogP contribution in [0.4, 0.5) is 0 Å². The topological polar surface area (TPSA) is 109 Å². The van der Waals surface area contributed by atoms with Gasteiger partial charge in [-0.15, -0.1) is 5.10 Å². The number of esters is 1. The van der Waals surface area contributed by atoms with Gasteiger partial charge in [0.05, 0.1) is 12.9 Å². The molecule has 0 aliphatic rings. The highest BCUT2D eigenvalue weighted by molar-refractivity contribution is 7.98. The fourth-order valence-corrected chi connectivity index (χ4v) is 1.92. The fourth-order valence-electron chi connectivity index (χ4n) is 1.20. The smallest absolute Gasteiger partial charge is 0.327 e. The lowest BCUT2D eigenvalue weighted by molar-refractivity contribution is -0.141. The van der Waals surface area contributed by atoms with E-state index in [1.54, 1.807) is 0 Å². The molecule has 0 aromatic carbocycles. The molecule has 19 heavy (non-hydrogen) atoms. The van der Waals surface area contributed by atoms with Gasteiger partial charge in [-0.05, 0) is 10.4 Å². The Labute approximate surface area is 112 Å². The van der Waals surface area contributed by atoms with Crippen molar-refractivity contribution in [2.24, 2.45) is 0 Å². The van der Waals surface area contributed by atoms with Crippen molar-refractivity contribution < 1.29 is 14.1 Å². The maximum atomic E-state index is 11.2. The standard InChI is InChI=1S/C9H12N6O3S/c1-3-6-10-7(18-12-6)5-19-9-11-13-14-15(9)4-8(16)17-2/h3-5H2,1-2H3. The molecule has 0 aliphatic carbocycles. The maximum Gasteiger partial charge on any atom is 0.327 e. The van der Waals surface area contributed by atoms with Crippen molar-refractivity contribution in [3.8, 4) is 0 Å². The number of thioether (sulfide) groups is 1. The van der Waals surface area contributed by atoms with Gasteiger partial charge in [0, 0.05) is 6.42 Å².